The Bertz CT molecular complexity index is 303. The zero-order chi connectivity index (χ0) is 14.3. The van der Waals surface area contributed by atoms with Crippen LogP contribution in [0.1, 0.15) is 65.2 Å². The van der Waals surface area contributed by atoms with Gasteiger partial charge in [0.15, 0.2) is 0 Å². The maximum absolute atomic E-state index is 12.4. The number of carboxylic acids is 1. The lowest BCUT2D eigenvalue weighted by atomic mass is 9.71. The van der Waals surface area contributed by atoms with E-state index in [-0.39, 0.29) is 12.3 Å². The predicted molar refractivity (Wildman–Crippen MR) is 74.9 cm³/mol. The van der Waals surface area contributed by atoms with Crippen molar-refractivity contribution in [3.63, 3.8) is 0 Å². The summed E-state index contributed by atoms with van der Waals surface area (Å²) in [6, 6.07) is 0. The Morgan fingerprint density at radius 2 is 1.58 bits per heavy atom. The summed E-state index contributed by atoms with van der Waals surface area (Å²) in [4.78, 5) is 25.8. The second-order valence-corrected chi connectivity index (χ2v) is 5.70. The quantitative estimate of drug-likeness (QED) is 0.772. The van der Waals surface area contributed by atoms with E-state index in [1.54, 1.807) is 0 Å². The molecule has 1 aliphatic rings. The molecule has 1 fully saturated rings. The first-order chi connectivity index (χ1) is 9.05. The van der Waals surface area contributed by atoms with E-state index in [0.29, 0.717) is 12.8 Å². The molecule has 0 aromatic rings. The number of hydrogen-bond donors (Lipinski definition) is 1. The van der Waals surface area contributed by atoms with Crippen molar-refractivity contribution in [2.75, 3.05) is 13.1 Å². The van der Waals surface area contributed by atoms with Crippen molar-refractivity contribution < 1.29 is 14.7 Å². The monoisotopic (exact) mass is 269 g/mol. The summed E-state index contributed by atoms with van der Waals surface area (Å²) in [6.45, 7) is 5.57. The molecule has 0 spiro atoms. The van der Waals surface area contributed by atoms with Gasteiger partial charge in [0.05, 0.1) is 5.41 Å². The molecule has 19 heavy (non-hydrogen) atoms. The van der Waals surface area contributed by atoms with Crippen molar-refractivity contribution >= 4 is 11.9 Å². The van der Waals surface area contributed by atoms with E-state index in [9.17, 15) is 14.7 Å². The van der Waals surface area contributed by atoms with Crippen LogP contribution in [0.4, 0.5) is 0 Å². The van der Waals surface area contributed by atoms with E-state index in [1.807, 2.05) is 18.7 Å². The normalized spacial score (nSPS) is 18.0. The maximum atomic E-state index is 12.4. The van der Waals surface area contributed by atoms with Gasteiger partial charge in [-0.25, -0.2) is 0 Å². The zero-order valence-corrected chi connectivity index (χ0v) is 12.3. The van der Waals surface area contributed by atoms with Gasteiger partial charge in [0.2, 0.25) is 5.91 Å². The molecule has 4 nitrogen and oxygen atoms in total. The number of amides is 1. The summed E-state index contributed by atoms with van der Waals surface area (Å²) < 4.78 is 0. The molecule has 0 aromatic heterocycles. The number of carbonyl (C=O) groups is 2. The number of hydrogen-bond acceptors (Lipinski definition) is 2. The first-order valence-corrected chi connectivity index (χ1v) is 7.57. The highest BCUT2D eigenvalue weighted by Crippen LogP contribution is 2.40. The van der Waals surface area contributed by atoms with Crippen molar-refractivity contribution in [2.45, 2.75) is 65.2 Å². The van der Waals surface area contributed by atoms with E-state index >= 15 is 0 Å². The Morgan fingerprint density at radius 1 is 1.05 bits per heavy atom. The number of carboxylic acid groups (broad SMARTS) is 1. The molecule has 4 heteroatoms. The summed E-state index contributed by atoms with van der Waals surface area (Å²) in [6.07, 6.45) is 6.29. The van der Waals surface area contributed by atoms with Crippen LogP contribution in [0.15, 0.2) is 0 Å². The first kappa shape index (κ1) is 16.0. The number of rotatable bonds is 7. The minimum atomic E-state index is -0.797. The third-order valence-corrected chi connectivity index (χ3v) is 4.09. The van der Waals surface area contributed by atoms with Crippen molar-refractivity contribution in [1.29, 1.82) is 0 Å². The minimum Gasteiger partial charge on any atom is -0.481 e. The molecule has 1 N–H and O–H groups in total. The van der Waals surface area contributed by atoms with Crippen LogP contribution in [0, 0.1) is 5.41 Å². The van der Waals surface area contributed by atoms with Crippen LogP contribution < -0.4 is 0 Å². The zero-order valence-electron chi connectivity index (χ0n) is 12.3. The van der Waals surface area contributed by atoms with Crippen molar-refractivity contribution in [3.05, 3.63) is 0 Å². The van der Waals surface area contributed by atoms with Crippen LogP contribution in [0.5, 0.6) is 0 Å². The van der Waals surface area contributed by atoms with E-state index in [2.05, 4.69) is 0 Å². The SMILES string of the molecule is CCCN(CCC)C(=O)CC1(C(=O)O)CCCCC1. The van der Waals surface area contributed by atoms with Crippen LogP contribution in [0.25, 0.3) is 0 Å². The molecule has 1 rings (SSSR count). The van der Waals surface area contributed by atoms with Crippen LogP contribution in [-0.4, -0.2) is 35.0 Å². The van der Waals surface area contributed by atoms with E-state index in [4.69, 9.17) is 0 Å². The maximum Gasteiger partial charge on any atom is 0.310 e. The molecule has 1 amide bonds. The summed E-state index contributed by atoms with van der Waals surface area (Å²) in [5, 5.41) is 9.51. The third-order valence-electron chi connectivity index (χ3n) is 4.09. The number of aliphatic carboxylic acids is 1. The highest BCUT2D eigenvalue weighted by atomic mass is 16.4. The van der Waals surface area contributed by atoms with E-state index in [0.717, 1.165) is 45.2 Å². The van der Waals surface area contributed by atoms with Gasteiger partial charge in [-0.15, -0.1) is 0 Å². The Balaban J connectivity index is 2.71. The summed E-state index contributed by atoms with van der Waals surface area (Å²) in [5.74, 6) is -0.763. The largest absolute Gasteiger partial charge is 0.481 e. The molecule has 0 unspecified atom stereocenters. The van der Waals surface area contributed by atoms with Crippen LogP contribution >= 0.6 is 0 Å². The first-order valence-electron chi connectivity index (χ1n) is 7.57. The lowest BCUT2D eigenvalue weighted by Crippen LogP contribution is -2.41. The molecular formula is C15H27NO3. The molecule has 0 aliphatic heterocycles. The predicted octanol–water partition coefficient (Wildman–Crippen LogP) is 3.06. The van der Waals surface area contributed by atoms with Crippen molar-refractivity contribution in [2.24, 2.45) is 5.41 Å². The van der Waals surface area contributed by atoms with Gasteiger partial charge in [0.25, 0.3) is 0 Å². The van der Waals surface area contributed by atoms with Crippen LogP contribution in [0.2, 0.25) is 0 Å². The average molecular weight is 269 g/mol. The van der Waals surface area contributed by atoms with Gasteiger partial charge < -0.3 is 10.0 Å². The highest BCUT2D eigenvalue weighted by Gasteiger charge is 2.42. The van der Waals surface area contributed by atoms with E-state index in [1.165, 1.54) is 0 Å². The molecule has 0 atom stereocenters. The summed E-state index contributed by atoms with van der Waals surface area (Å²) >= 11 is 0. The summed E-state index contributed by atoms with van der Waals surface area (Å²) in [5.41, 5.74) is -0.797. The minimum absolute atomic E-state index is 0.0213. The Kier molecular flexibility index (Phi) is 6.32. The number of nitrogens with zero attached hydrogens (tertiary/aromatic N) is 1. The Hall–Kier alpha value is -1.06. The molecule has 0 bridgehead atoms. The van der Waals surface area contributed by atoms with Crippen LogP contribution in [-0.2, 0) is 9.59 Å². The lowest BCUT2D eigenvalue weighted by Gasteiger charge is -2.34. The molecule has 0 radical (unpaired) electrons. The van der Waals surface area contributed by atoms with Gasteiger partial charge in [0, 0.05) is 19.5 Å². The lowest BCUT2D eigenvalue weighted by molar-refractivity contribution is -0.156. The second kappa shape index (κ2) is 7.51. The fraction of sp³-hybridized carbons (Fsp3) is 0.867. The smallest absolute Gasteiger partial charge is 0.310 e. The molecule has 110 valence electrons. The van der Waals surface area contributed by atoms with Crippen molar-refractivity contribution in [3.8, 4) is 0 Å². The topological polar surface area (TPSA) is 57.6 Å². The third kappa shape index (κ3) is 4.22. The molecule has 1 aliphatic carbocycles. The second-order valence-electron chi connectivity index (χ2n) is 5.70. The Labute approximate surface area is 116 Å². The van der Waals surface area contributed by atoms with Gasteiger partial charge in [-0.2, -0.15) is 0 Å². The fourth-order valence-corrected chi connectivity index (χ4v) is 3.00. The molecular weight excluding hydrogens is 242 g/mol. The molecule has 1 saturated carbocycles. The Morgan fingerprint density at radius 3 is 2.00 bits per heavy atom. The summed E-state index contributed by atoms with van der Waals surface area (Å²) in [7, 11) is 0. The van der Waals surface area contributed by atoms with Gasteiger partial charge in [-0.1, -0.05) is 33.1 Å². The van der Waals surface area contributed by atoms with Gasteiger partial charge in [-0.05, 0) is 25.7 Å². The van der Waals surface area contributed by atoms with Crippen molar-refractivity contribution in [1.82, 2.24) is 4.90 Å². The molecule has 0 heterocycles. The number of carbonyl (C=O) groups excluding carboxylic acids is 1. The van der Waals surface area contributed by atoms with Gasteiger partial charge in [-0.3, -0.25) is 9.59 Å². The standard InChI is InChI=1S/C15H27NO3/c1-3-10-16(11-4-2)13(17)12-15(14(18)19)8-6-5-7-9-15/h3-12H2,1-2H3,(H,18,19). The van der Waals surface area contributed by atoms with Gasteiger partial charge in [0.1, 0.15) is 0 Å². The molecule has 0 aromatic carbocycles. The van der Waals surface area contributed by atoms with Gasteiger partial charge >= 0.3 is 5.97 Å². The van der Waals surface area contributed by atoms with Crippen LogP contribution in [0.3, 0.4) is 0 Å². The average Bonchev–Trinajstić information content (AvgIpc) is 2.39. The van der Waals surface area contributed by atoms with E-state index < -0.39 is 11.4 Å². The fourth-order valence-electron chi connectivity index (χ4n) is 3.00. The highest BCUT2D eigenvalue weighted by molar-refractivity contribution is 5.85. The molecule has 0 saturated heterocycles.